The molecular formula is C21H16N4O5. The van der Waals surface area contributed by atoms with Crippen LogP contribution in [0.5, 0.6) is 0 Å². The fraction of sp³-hybridized carbons (Fsp3) is 0.0476. The van der Waals surface area contributed by atoms with Gasteiger partial charge in [-0.1, -0.05) is 36.4 Å². The van der Waals surface area contributed by atoms with Crippen molar-refractivity contribution in [2.45, 2.75) is 0 Å². The molecule has 0 saturated heterocycles. The predicted molar refractivity (Wildman–Crippen MR) is 110 cm³/mol. The normalized spacial score (nSPS) is 11.0. The van der Waals surface area contributed by atoms with Crippen molar-refractivity contribution in [3.8, 4) is 0 Å². The van der Waals surface area contributed by atoms with Gasteiger partial charge in [-0.15, -0.1) is 0 Å². The van der Waals surface area contributed by atoms with Crippen LogP contribution in [0.25, 0.3) is 0 Å². The molecule has 0 aliphatic carbocycles. The van der Waals surface area contributed by atoms with Crippen molar-refractivity contribution in [2.24, 2.45) is 4.99 Å². The van der Waals surface area contributed by atoms with Crippen LogP contribution in [-0.4, -0.2) is 39.1 Å². The van der Waals surface area contributed by atoms with Crippen molar-refractivity contribution in [3.05, 3.63) is 99.9 Å². The highest BCUT2D eigenvalue weighted by atomic mass is 16.6. The van der Waals surface area contributed by atoms with Gasteiger partial charge in [-0.05, 0) is 18.2 Å². The second-order valence-corrected chi connectivity index (χ2v) is 6.08. The Balaban J connectivity index is 2.12. The van der Waals surface area contributed by atoms with E-state index < -0.39 is 23.3 Å². The summed E-state index contributed by atoms with van der Waals surface area (Å²) >= 11 is 0. The van der Waals surface area contributed by atoms with Gasteiger partial charge in [0.05, 0.1) is 16.3 Å². The average molecular weight is 404 g/mol. The first-order chi connectivity index (χ1) is 14.5. The number of carboxylic acids is 1. The van der Waals surface area contributed by atoms with Crippen LogP contribution in [-0.2, 0) is 4.79 Å². The third kappa shape index (κ3) is 4.90. The molecule has 0 radical (unpaired) electrons. The Morgan fingerprint density at radius 1 is 1.07 bits per heavy atom. The van der Waals surface area contributed by atoms with Crippen molar-refractivity contribution in [2.75, 3.05) is 11.9 Å². The van der Waals surface area contributed by atoms with Gasteiger partial charge in [-0.25, -0.2) is 0 Å². The minimum atomic E-state index is -1.16. The number of rotatable bonds is 7. The lowest BCUT2D eigenvalue weighted by atomic mass is 9.99. The zero-order valence-corrected chi connectivity index (χ0v) is 15.6. The lowest BCUT2D eigenvalue weighted by molar-refractivity contribution is -0.384. The summed E-state index contributed by atoms with van der Waals surface area (Å²) in [5.74, 6) is -1.68. The van der Waals surface area contributed by atoms with E-state index in [-0.39, 0.29) is 28.3 Å². The van der Waals surface area contributed by atoms with E-state index in [0.717, 1.165) is 0 Å². The fourth-order valence-electron chi connectivity index (χ4n) is 2.71. The van der Waals surface area contributed by atoms with E-state index in [0.29, 0.717) is 5.56 Å². The molecule has 0 fully saturated rings. The molecule has 2 N–H and O–H groups in total. The summed E-state index contributed by atoms with van der Waals surface area (Å²) in [6.07, 6.45) is 1.47. The number of pyridine rings is 1. The zero-order chi connectivity index (χ0) is 21.5. The monoisotopic (exact) mass is 404 g/mol. The Kier molecular flexibility index (Phi) is 6.23. The van der Waals surface area contributed by atoms with E-state index in [4.69, 9.17) is 5.11 Å². The maximum absolute atomic E-state index is 12.6. The topological polar surface area (TPSA) is 135 Å². The van der Waals surface area contributed by atoms with Gasteiger partial charge >= 0.3 is 5.97 Å². The van der Waals surface area contributed by atoms with Crippen LogP contribution in [0.15, 0.2) is 77.9 Å². The predicted octanol–water partition coefficient (Wildman–Crippen LogP) is 3.16. The van der Waals surface area contributed by atoms with Crippen LogP contribution in [0.1, 0.15) is 21.6 Å². The van der Waals surface area contributed by atoms with E-state index in [1.54, 1.807) is 42.5 Å². The first-order valence-corrected chi connectivity index (χ1v) is 8.78. The van der Waals surface area contributed by atoms with Gasteiger partial charge in [0.2, 0.25) is 0 Å². The van der Waals surface area contributed by atoms with Crippen LogP contribution in [0.3, 0.4) is 0 Å². The number of anilines is 1. The SMILES string of the molecule is O=C(O)CN=C(c1ccccc1)c1cc([N+](=O)[O-])ccc1NC(=O)c1ccccn1. The number of hydrogen-bond acceptors (Lipinski definition) is 6. The summed E-state index contributed by atoms with van der Waals surface area (Å²) in [6, 6.07) is 17.4. The molecule has 0 atom stereocenters. The molecule has 1 aromatic heterocycles. The van der Waals surface area contributed by atoms with Gasteiger partial charge < -0.3 is 10.4 Å². The first-order valence-electron chi connectivity index (χ1n) is 8.78. The largest absolute Gasteiger partial charge is 0.480 e. The van der Waals surface area contributed by atoms with Crippen LogP contribution in [0.4, 0.5) is 11.4 Å². The average Bonchev–Trinajstić information content (AvgIpc) is 2.75. The Morgan fingerprint density at radius 2 is 1.80 bits per heavy atom. The molecule has 0 bridgehead atoms. The number of benzene rings is 2. The molecule has 1 heterocycles. The molecule has 0 spiro atoms. The molecule has 3 aromatic rings. The highest BCUT2D eigenvalue weighted by Gasteiger charge is 2.19. The zero-order valence-electron chi connectivity index (χ0n) is 15.6. The highest BCUT2D eigenvalue weighted by molar-refractivity contribution is 6.18. The minimum Gasteiger partial charge on any atom is -0.480 e. The quantitative estimate of drug-likeness (QED) is 0.353. The highest BCUT2D eigenvalue weighted by Crippen LogP contribution is 2.26. The Labute approximate surface area is 170 Å². The summed E-state index contributed by atoms with van der Waals surface area (Å²) in [5.41, 5.74) is 1.15. The number of non-ortho nitro benzene ring substituents is 1. The molecule has 150 valence electrons. The number of amides is 1. The molecule has 1 amide bonds. The number of hydrogen-bond donors (Lipinski definition) is 2. The van der Waals surface area contributed by atoms with Crippen molar-refractivity contribution < 1.29 is 19.6 Å². The molecule has 30 heavy (non-hydrogen) atoms. The van der Waals surface area contributed by atoms with Crippen molar-refractivity contribution in [3.63, 3.8) is 0 Å². The van der Waals surface area contributed by atoms with E-state index in [1.807, 2.05) is 0 Å². The Hall–Kier alpha value is -4.40. The summed E-state index contributed by atoms with van der Waals surface area (Å²) < 4.78 is 0. The smallest absolute Gasteiger partial charge is 0.325 e. The summed E-state index contributed by atoms with van der Waals surface area (Å²) in [5, 5.41) is 23.1. The number of nitrogens with one attached hydrogen (secondary N) is 1. The molecule has 0 saturated carbocycles. The number of carbonyl (C=O) groups is 2. The molecule has 9 nitrogen and oxygen atoms in total. The standard InChI is InChI=1S/C21H16N4O5/c26-19(27)13-23-20(14-6-2-1-3-7-14)16-12-15(25(29)30)9-10-17(16)24-21(28)18-8-4-5-11-22-18/h1-12H,13H2,(H,24,28)(H,26,27). The summed E-state index contributed by atoms with van der Waals surface area (Å²) in [7, 11) is 0. The molecule has 3 rings (SSSR count). The van der Waals surface area contributed by atoms with E-state index in [1.165, 1.54) is 30.5 Å². The van der Waals surface area contributed by atoms with Gasteiger partial charge in [0.15, 0.2) is 0 Å². The first kappa shape index (κ1) is 20.3. The molecule has 9 heteroatoms. The number of aliphatic imine (C=N–C) groups is 1. The van der Waals surface area contributed by atoms with Crippen LogP contribution >= 0.6 is 0 Å². The third-order valence-electron chi connectivity index (χ3n) is 4.03. The number of carboxylic acid groups (broad SMARTS) is 1. The van der Waals surface area contributed by atoms with Gasteiger partial charge in [0.25, 0.3) is 11.6 Å². The van der Waals surface area contributed by atoms with Crippen molar-refractivity contribution in [1.29, 1.82) is 0 Å². The Bertz CT molecular complexity index is 1110. The number of carbonyl (C=O) groups excluding carboxylic acids is 1. The molecule has 0 aliphatic heterocycles. The molecular weight excluding hydrogens is 388 g/mol. The van der Waals surface area contributed by atoms with Gasteiger partial charge in [0.1, 0.15) is 12.2 Å². The van der Waals surface area contributed by atoms with Crippen molar-refractivity contribution in [1.82, 2.24) is 4.98 Å². The van der Waals surface area contributed by atoms with Gasteiger partial charge in [0, 0.05) is 29.5 Å². The lowest BCUT2D eigenvalue weighted by Crippen LogP contribution is -2.17. The number of aliphatic carboxylic acids is 1. The van der Waals surface area contributed by atoms with Crippen molar-refractivity contribution >= 4 is 29.0 Å². The van der Waals surface area contributed by atoms with Crippen LogP contribution in [0.2, 0.25) is 0 Å². The van der Waals surface area contributed by atoms with Gasteiger partial charge in [-0.3, -0.25) is 29.7 Å². The molecule has 2 aromatic carbocycles. The molecule has 0 unspecified atom stereocenters. The summed E-state index contributed by atoms with van der Waals surface area (Å²) in [4.78, 5) is 42.5. The second-order valence-electron chi connectivity index (χ2n) is 6.08. The maximum Gasteiger partial charge on any atom is 0.325 e. The summed E-state index contributed by atoms with van der Waals surface area (Å²) in [6.45, 7) is -0.541. The lowest BCUT2D eigenvalue weighted by Gasteiger charge is -2.14. The fourth-order valence-corrected chi connectivity index (χ4v) is 2.71. The Morgan fingerprint density at radius 3 is 2.43 bits per heavy atom. The number of nitro benzene ring substituents is 1. The van der Waals surface area contributed by atoms with E-state index in [9.17, 15) is 19.7 Å². The number of aromatic nitrogens is 1. The van der Waals surface area contributed by atoms with Gasteiger partial charge in [-0.2, -0.15) is 0 Å². The van der Waals surface area contributed by atoms with E-state index in [2.05, 4.69) is 15.3 Å². The van der Waals surface area contributed by atoms with Crippen LogP contribution < -0.4 is 5.32 Å². The molecule has 0 aliphatic rings. The maximum atomic E-state index is 12.6. The van der Waals surface area contributed by atoms with E-state index >= 15 is 0 Å². The minimum absolute atomic E-state index is 0.158. The third-order valence-corrected chi connectivity index (χ3v) is 4.03. The number of nitro groups is 1. The number of nitrogens with zero attached hydrogens (tertiary/aromatic N) is 3. The van der Waals surface area contributed by atoms with Crippen LogP contribution in [0, 0.1) is 10.1 Å². The second kappa shape index (κ2) is 9.20.